The van der Waals surface area contributed by atoms with Gasteiger partial charge in [0.2, 0.25) is 11.8 Å². The minimum absolute atomic E-state index is 0.0147. The number of rotatable bonds is 6. The van der Waals surface area contributed by atoms with Crippen molar-refractivity contribution in [3.05, 3.63) is 29.5 Å². The highest BCUT2D eigenvalue weighted by Gasteiger charge is 2.10. The van der Waals surface area contributed by atoms with E-state index in [4.69, 9.17) is 0 Å². The summed E-state index contributed by atoms with van der Waals surface area (Å²) in [7, 11) is 0. The second kappa shape index (κ2) is 7.43. The lowest BCUT2D eigenvalue weighted by molar-refractivity contribution is -0.122. The van der Waals surface area contributed by atoms with Crippen molar-refractivity contribution >= 4 is 17.6 Å². The molecule has 0 atom stereocenters. The summed E-state index contributed by atoms with van der Waals surface area (Å²) >= 11 is 0. The molecule has 0 bridgehead atoms. The molecule has 0 radical (unpaired) electrons. The van der Waals surface area contributed by atoms with Crippen molar-refractivity contribution in [3.8, 4) is 0 Å². The number of nitrogens with zero attached hydrogens (tertiary/aromatic N) is 5. The summed E-state index contributed by atoms with van der Waals surface area (Å²) in [5, 5.41) is 13.0. The van der Waals surface area contributed by atoms with Gasteiger partial charge in [0.05, 0.1) is 6.20 Å². The highest BCUT2D eigenvalue weighted by molar-refractivity contribution is 5.89. The van der Waals surface area contributed by atoms with Crippen LogP contribution in [0.4, 0.5) is 5.82 Å². The second-order valence-electron chi connectivity index (χ2n) is 5.00. The van der Waals surface area contributed by atoms with Gasteiger partial charge < -0.3 is 10.6 Å². The SMILES string of the molecule is CCC(=O)Nc1cn(CC(=O)NCc2c(C)ncnc2C)nn1. The normalized spacial score (nSPS) is 10.4. The monoisotopic (exact) mass is 317 g/mol. The molecule has 0 aliphatic carbocycles. The van der Waals surface area contributed by atoms with E-state index in [-0.39, 0.29) is 18.4 Å². The van der Waals surface area contributed by atoms with Crippen molar-refractivity contribution in [3.63, 3.8) is 0 Å². The van der Waals surface area contributed by atoms with Gasteiger partial charge in [0.25, 0.3) is 0 Å². The van der Waals surface area contributed by atoms with Crippen LogP contribution in [-0.2, 0) is 22.7 Å². The van der Waals surface area contributed by atoms with E-state index in [9.17, 15) is 9.59 Å². The van der Waals surface area contributed by atoms with E-state index in [0.29, 0.717) is 18.8 Å². The first kappa shape index (κ1) is 16.5. The Morgan fingerprint density at radius 1 is 1.17 bits per heavy atom. The van der Waals surface area contributed by atoms with E-state index in [1.807, 2.05) is 13.8 Å². The van der Waals surface area contributed by atoms with Gasteiger partial charge in [-0.15, -0.1) is 5.10 Å². The Bertz CT molecular complexity index is 691. The number of anilines is 1. The smallest absolute Gasteiger partial charge is 0.242 e. The number of aryl methyl sites for hydroxylation is 2. The average molecular weight is 317 g/mol. The van der Waals surface area contributed by atoms with E-state index >= 15 is 0 Å². The number of carbonyl (C=O) groups is 2. The molecule has 2 rings (SSSR count). The van der Waals surface area contributed by atoms with Crippen LogP contribution in [0.25, 0.3) is 0 Å². The third-order valence-corrected chi connectivity index (χ3v) is 3.27. The Balaban J connectivity index is 1.89. The molecule has 2 heterocycles. The maximum Gasteiger partial charge on any atom is 0.242 e. The summed E-state index contributed by atoms with van der Waals surface area (Å²) in [6, 6.07) is 0. The first-order valence-corrected chi connectivity index (χ1v) is 7.23. The fraction of sp³-hybridized carbons (Fsp3) is 0.429. The standard InChI is InChI=1S/C14H19N7O2/c1-4-13(22)18-12-6-21(20-19-12)7-14(23)15-5-11-9(2)16-8-17-10(11)3/h6,8H,4-5,7H2,1-3H3,(H,15,23)(H,18,22). The predicted octanol–water partition coefficient (Wildman–Crippen LogP) is 0.350. The number of amides is 2. The lowest BCUT2D eigenvalue weighted by Crippen LogP contribution is -2.28. The summed E-state index contributed by atoms with van der Waals surface area (Å²) < 4.78 is 1.36. The van der Waals surface area contributed by atoms with Crippen LogP contribution in [0.5, 0.6) is 0 Å². The lowest BCUT2D eigenvalue weighted by Gasteiger charge is -2.09. The minimum Gasteiger partial charge on any atom is -0.350 e. The first-order chi connectivity index (χ1) is 11.0. The van der Waals surface area contributed by atoms with E-state index in [1.54, 1.807) is 6.92 Å². The molecule has 2 amide bonds. The molecular weight excluding hydrogens is 298 g/mol. The number of hydrogen-bond acceptors (Lipinski definition) is 6. The molecule has 0 aliphatic heterocycles. The van der Waals surface area contributed by atoms with Gasteiger partial charge in [0, 0.05) is 29.9 Å². The highest BCUT2D eigenvalue weighted by Crippen LogP contribution is 2.07. The predicted molar refractivity (Wildman–Crippen MR) is 82.3 cm³/mol. The molecular formula is C14H19N7O2. The number of hydrogen-bond donors (Lipinski definition) is 2. The molecule has 122 valence electrons. The van der Waals surface area contributed by atoms with Crippen molar-refractivity contribution in [2.24, 2.45) is 0 Å². The highest BCUT2D eigenvalue weighted by atomic mass is 16.2. The summed E-state index contributed by atoms with van der Waals surface area (Å²) in [5.74, 6) is -0.0461. The molecule has 9 heteroatoms. The molecule has 0 unspecified atom stereocenters. The lowest BCUT2D eigenvalue weighted by atomic mass is 10.2. The van der Waals surface area contributed by atoms with Gasteiger partial charge in [-0.05, 0) is 13.8 Å². The molecule has 0 fully saturated rings. The van der Waals surface area contributed by atoms with Crippen LogP contribution in [-0.4, -0.2) is 36.8 Å². The Labute approximate surface area is 133 Å². The van der Waals surface area contributed by atoms with Crippen LogP contribution in [0, 0.1) is 13.8 Å². The molecule has 0 saturated carbocycles. The van der Waals surface area contributed by atoms with E-state index < -0.39 is 0 Å². The largest absolute Gasteiger partial charge is 0.350 e. The van der Waals surface area contributed by atoms with Gasteiger partial charge in [0.15, 0.2) is 5.82 Å². The summed E-state index contributed by atoms with van der Waals surface area (Å²) in [5.41, 5.74) is 2.57. The van der Waals surface area contributed by atoms with E-state index in [0.717, 1.165) is 17.0 Å². The molecule has 2 N–H and O–H groups in total. The minimum atomic E-state index is -0.217. The third kappa shape index (κ3) is 4.56. The molecule has 0 spiro atoms. The van der Waals surface area contributed by atoms with Gasteiger partial charge in [-0.2, -0.15) is 0 Å². The van der Waals surface area contributed by atoms with Crippen molar-refractivity contribution in [1.82, 2.24) is 30.3 Å². The molecule has 0 saturated heterocycles. The Hall–Kier alpha value is -2.84. The van der Waals surface area contributed by atoms with Gasteiger partial charge in [0.1, 0.15) is 12.9 Å². The quantitative estimate of drug-likeness (QED) is 0.794. The zero-order valence-corrected chi connectivity index (χ0v) is 13.3. The molecule has 0 aromatic carbocycles. The van der Waals surface area contributed by atoms with Crippen molar-refractivity contribution in [2.45, 2.75) is 40.3 Å². The number of nitrogens with one attached hydrogen (secondary N) is 2. The maximum absolute atomic E-state index is 12.0. The number of aromatic nitrogens is 5. The Kier molecular flexibility index (Phi) is 5.34. The molecule has 0 aliphatic rings. The fourth-order valence-corrected chi connectivity index (χ4v) is 1.93. The topological polar surface area (TPSA) is 115 Å². The summed E-state index contributed by atoms with van der Waals surface area (Å²) in [6.45, 7) is 5.85. The molecule has 23 heavy (non-hydrogen) atoms. The van der Waals surface area contributed by atoms with Crippen LogP contribution in [0.15, 0.2) is 12.5 Å². The van der Waals surface area contributed by atoms with Crippen molar-refractivity contribution < 1.29 is 9.59 Å². The van der Waals surface area contributed by atoms with Crippen LogP contribution in [0.2, 0.25) is 0 Å². The van der Waals surface area contributed by atoms with E-state index in [1.165, 1.54) is 17.2 Å². The van der Waals surface area contributed by atoms with Crippen LogP contribution in [0.1, 0.15) is 30.3 Å². The van der Waals surface area contributed by atoms with E-state index in [2.05, 4.69) is 30.9 Å². The fourth-order valence-electron chi connectivity index (χ4n) is 1.93. The van der Waals surface area contributed by atoms with Crippen LogP contribution < -0.4 is 10.6 Å². The Morgan fingerprint density at radius 3 is 2.52 bits per heavy atom. The molecule has 2 aromatic heterocycles. The van der Waals surface area contributed by atoms with Gasteiger partial charge >= 0.3 is 0 Å². The van der Waals surface area contributed by atoms with Crippen LogP contribution >= 0.6 is 0 Å². The van der Waals surface area contributed by atoms with Gasteiger partial charge in [-0.25, -0.2) is 14.6 Å². The van der Waals surface area contributed by atoms with Gasteiger partial charge in [-0.3, -0.25) is 9.59 Å². The van der Waals surface area contributed by atoms with Crippen molar-refractivity contribution in [2.75, 3.05) is 5.32 Å². The average Bonchev–Trinajstić information content (AvgIpc) is 2.93. The second-order valence-corrected chi connectivity index (χ2v) is 5.00. The molecule has 9 nitrogen and oxygen atoms in total. The Morgan fingerprint density at radius 2 is 1.87 bits per heavy atom. The maximum atomic E-state index is 12.0. The first-order valence-electron chi connectivity index (χ1n) is 7.23. The van der Waals surface area contributed by atoms with Gasteiger partial charge in [-0.1, -0.05) is 12.1 Å². The zero-order valence-electron chi connectivity index (χ0n) is 13.3. The van der Waals surface area contributed by atoms with Crippen molar-refractivity contribution in [1.29, 1.82) is 0 Å². The van der Waals surface area contributed by atoms with Crippen LogP contribution in [0.3, 0.4) is 0 Å². The third-order valence-electron chi connectivity index (χ3n) is 3.27. The molecule has 2 aromatic rings. The summed E-state index contributed by atoms with van der Waals surface area (Å²) in [4.78, 5) is 31.4. The zero-order chi connectivity index (χ0) is 16.8. The summed E-state index contributed by atoms with van der Waals surface area (Å²) in [6.07, 6.45) is 3.36. The number of carbonyl (C=O) groups excluding carboxylic acids is 2.